The van der Waals surface area contributed by atoms with Gasteiger partial charge < -0.3 is 5.32 Å². The van der Waals surface area contributed by atoms with Crippen molar-refractivity contribution in [2.75, 3.05) is 10.8 Å². The maximum absolute atomic E-state index is 13.7. The van der Waals surface area contributed by atoms with Gasteiger partial charge in [-0.3, -0.25) is 9.10 Å². The lowest BCUT2D eigenvalue weighted by Gasteiger charge is -2.30. The van der Waals surface area contributed by atoms with Gasteiger partial charge in [0, 0.05) is 24.2 Å². The van der Waals surface area contributed by atoms with Crippen molar-refractivity contribution in [1.82, 2.24) is 5.32 Å². The summed E-state index contributed by atoms with van der Waals surface area (Å²) in [6.07, 6.45) is 1.61. The minimum absolute atomic E-state index is 0.0517. The Kier molecular flexibility index (Phi) is 5.55. The Morgan fingerprint density at radius 3 is 2.43 bits per heavy atom. The Morgan fingerprint density at radius 1 is 0.967 bits per heavy atom. The van der Waals surface area contributed by atoms with E-state index in [-0.39, 0.29) is 17.3 Å². The van der Waals surface area contributed by atoms with Crippen LogP contribution in [0.15, 0.2) is 77.7 Å². The van der Waals surface area contributed by atoms with E-state index in [1.54, 1.807) is 18.2 Å². The van der Waals surface area contributed by atoms with E-state index in [1.807, 2.05) is 24.3 Å². The molecule has 0 atom stereocenters. The van der Waals surface area contributed by atoms with Crippen molar-refractivity contribution in [2.24, 2.45) is 0 Å². The maximum atomic E-state index is 13.7. The first-order chi connectivity index (χ1) is 14.5. The molecule has 154 valence electrons. The van der Waals surface area contributed by atoms with Crippen LogP contribution in [0.25, 0.3) is 0 Å². The zero-order valence-electron chi connectivity index (χ0n) is 16.2. The fourth-order valence-corrected chi connectivity index (χ4v) is 5.11. The first-order valence-corrected chi connectivity index (χ1v) is 11.1. The number of benzene rings is 3. The average Bonchev–Trinajstić information content (AvgIpc) is 2.78. The Balaban J connectivity index is 1.51. The van der Waals surface area contributed by atoms with Gasteiger partial charge in [0.15, 0.2) is 0 Å². The fraction of sp³-hybridized carbons (Fsp3) is 0.174. The number of anilines is 1. The van der Waals surface area contributed by atoms with Gasteiger partial charge >= 0.3 is 0 Å². The predicted octanol–water partition coefficient (Wildman–Crippen LogP) is 3.90. The van der Waals surface area contributed by atoms with Crippen LogP contribution in [0.3, 0.4) is 0 Å². The highest BCUT2D eigenvalue weighted by molar-refractivity contribution is 7.92. The highest BCUT2D eigenvalue weighted by atomic mass is 32.2. The number of carbonyl (C=O) groups excluding carboxylic acids is 1. The van der Waals surface area contributed by atoms with E-state index in [1.165, 1.54) is 34.6 Å². The molecule has 7 heteroatoms. The van der Waals surface area contributed by atoms with Gasteiger partial charge in [0.2, 0.25) is 0 Å². The molecule has 5 nitrogen and oxygen atoms in total. The molecule has 0 aromatic heterocycles. The minimum Gasteiger partial charge on any atom is -0.348 e. The number of sulfonamides is 1. The molecule has 1 aliphatic rings. The molecule has 1 amide bonds. The molecule has 0 unspecified atom stereocenters. The Labute approximate surface area is 175 Å². The van der Waals surface area contributed by atoms with E-state index in [0.29, 0.717) is 23.4 Å². The third-order valence-electron chi connectivity index (χ3n) is 5.17. The maximum Gasteiger partial charge on any atom is 0.264 e. The monoisotopic (exact) mass is 424 g/mol. The van der Waals surface area contributed by atoms with Crippen LogP contribution in [0.2, 0.25) is 0 Å². The number of aryl methyl sites for hydroxylation is 1. The SMILES string of the molecule is O=C(NCc1ccccc1F)c1ccc(S(=O)(=O)N2CCCc3ccccc32)cc1. The summed E-state index contributed by atoms with van der Waals surface area (Å²) in [5.74, 6) is -0.786. The van der Waals surface area contributed by atoms with Crippen LogP contribution in [-0.2, 0) is 23.0 Å². The third kappa shape index (κ3) is 3.93. The van der Waals surface area contributed by atoms with Crippen LogP contribution < -0.4 is 9.62 Å². The molecule has 0 fully saturated rings. The fourth-order valence-electron chi connectivity index (χ4n) is 3.57. The van der Waals surface area contributed by atoms with Gasteiger partial charge in [-0.1, -0.05) is 36.4 Å². The van der Waals surface area contributed by atoms with E-state index in [9.17, 15) is 17.6 Å². The van der Waals surface area contributed by atoms with Crippen molar-refractivity contribution in [3.63, 3.8) is 0 Å². The summed E-state index contributed by atoms with van der Waals surface area (Å²) >= 11 is 0. The van der Waals surface area contributed by atoms with Crippen molar-refractivity contribution in [3.8, 4) is 0 Å². The highest BCUT2D eigenvalue weighted by Crippen LogP contribution is 2.31. The highest BCUT2D eigenvalue weighted by Gasteiger charge is 2.28. The van der Waals surface area contributed by atoms with E-state index >= 15 is 0 Å². The Hall–Kier alpha value is -3.19. The quantitative estimate of drug-likeness (QED) is 0.676. The Bertz CT molecular complexity index is 1180. The molecule has 3 aromatic carbocycles. The minimum atomic E-state index is -3.73. The smallest absolute Gasteiger partial charge is 0.264 e. The molecular formula is C23H21FN2O3S. The topological polar surface area (TPSA) is 66.5 Å². The number of nitrogens with one attached hydrogen (secondary N) is 1. The first-order valence-electron chi connectivity index (χ1n) is 9.69. The van der Waals surface area contributed by atoms with Gasteiger partial charge in [0.1, 0.15) is 5.82 Å². The lowest BCUT2D eigenvalue weighted by atomic mass is 10.0. The molecule has 3 aromatic rings. The molecule has 4 rings (SSSR count). The van der Waals surface area contributed by atoms with Gasteiger partial charge in [-0.2, -0.15) is 0 Å². The summed E-state index contributed by atoms with van der Waals surface area (Å²) in [6, 6.07) is 19.5. The van der Waals surface area contributed by atoms with Gasteiger partial charge in [-0.25, -0.2) is 12.8 Å². The summed E-state index contributed by atoms with van der Waals surface area (Å²) in [5, 5.41) is 2.65. The predicted molar refractivity (Wildman–Crippen MR) is 113 cm³/mol. The Morgan fingerprint density at radius 2 is 1.67 bits per heavy atom. The zero-order chi connectivity index (χ0) is 21.1. The van der Waals surface area contributed by atoms with E-state index < -0.39 is 15.9 Å². The van der Waals surface area contributed by atoms with Crippen molar-refractivity contribution in [1.29, 1.82) is 0 Å². The number of halogens is 1. The number of amides is 1. The van der Waals surface area contributed by atoms with Crippen LogP contribution in [-0.4, -0.2) is 20.9 Å². The molecule has 0 saturated heterocycles. The lowest BCUT2D eigenvalue weighted by molar-refractivity contribution is 0.0950. The van der Waals surface area contributed by atoms with Crippen molar-refractivity contribution < 1.29 is 17.6 Å². The molecule has 0 radical (unpaired) electrons. The molecule has 30 heavy (non-hydrogen) atoms. The number of fused-ring (bicyclic) bond motifs is 1. The first kappa shape index (κ1) is 20.1. The number of hydrogen-bond acceptors (Lipinski definition) is 3. The third-order valence-corrected chi connectivity index (χ3v) is 7.00. The number of hydrogen-bond donors (Lipinski definition) is 1. The largest absolute Gasteiger partial charge is 0.348 e. The summed E-state index contributed by atoms with van der Waals surface area (Å²) in [4.78, 5) is 12.5. The second-order valence-electron chi connectivity index (χ2n) is 7.11. The van der Waals surface area contributed by atoms with Crippen LogP contribution in [0.4, 0.5) is 10.1 Å². The molecule has 0 spiro atoms. The number of nitrogens with zero attached hydrogens (tertiary/aromatic N) is 1. The van der Waals surface area contributed by atoms with Gasteiger partial charge in [-0.15, -0.1) is 0 Å². The molecule has 0 aliphatic carbocycles. The van der Waals surface area contributed by atoms with Crippen LogP contribution >= 0.6 is 0 Å². The number of para-hydroxylation sites is 1. The van der Waals surface area contributed by atoms with Crippen molar-refractivity contribution in [3.05, 3.63) is 95.3 Å². The standard InChI is InChI=1S/C23H21FN2O3S/c24-21-9-3-1-7-19(21)16-25-23(27)18-11-13-20(14-12-18)30(28,29)26-15-5-8-17-6-2-4-10-22(17)26/h1-4,6-7,9-14H,5,8,15-16H2,(H,25,27). The van der Waals surface area contributed by atoms with E-state index in [0.717, 1.165) is 18.4 Å². The molecule has 1 aliphatic heterocycles. The van der Waals surface area contributed by atoms with Crippen LogP contribution in [0, 0.1) is 5.82 Å². The van der Waals surface area contributed by atoms with Crippen molar-refractivity contribution >= 4 is 21.6 Å². The number of rotatable bonds is 5. The summed E-state index contributed by atoms with van der Waals surface area (Å²) in [6.45, 7) is 0.473. The molecule has 0 bridgehead atoms. The van der Waals surface area contributed by atoms with Gasteiger partial charge in [-0.05, 0) is 54.8 Å². The number of carbonyl (C=O) groups is 1. The molecule has 1 heterocycles. The summed E-state index contributed by atoms with van der Waals surface area (Å²) in [7, 11) is -3.73. The van der Waals surface area contributed by atoms with Crippen molar-refractivity contribution in [2.45, 2.75) is 24.3 Å². The van der Waals surface area contributed by atoms with Gasteiger partial charge in [0.25, 0.3) is 15.9 Å². The second-order valence-corrected chi connectivity index (χ2v) is 8.97. The van der Waals surface area contributed by atoms with Crippen LogP contribution in [0.5, 0.6) is 0 Å². The molecule has 1 N–H and O–H groups in total. The molecule has 0 saturated carbocycles. The normalized spacial score (nSPS) is 13.6. The summed E-state index contributed by atoms with van der Waals surface area (Å²) < 4.78 is 41.4. The lowest BCUT2D eigenvalue weighted by Crippen LogP contribution is -2.35. The second kappa shape index (κ2) is 8.28. The van der Waals surface area contributed by atoms with Gasteiger partial charge in [0.05, 0.1) is 10.6 Å². The average molecular weight is 424 g/mol. The summed E-state index contributed by atoms with van der Waals surface area (Å²) in [5.41, 5.74) is 2.41. The van der Waals surface area contributed by atoms with Crippen LogP contribution in [0.1, 0.15) is 27.9 Å². The molecular weight excluding hydrogens is 403 g/mol. The van der Waals surface area contributed by atoms with E-state index in [4.69, 9.17) is 0 Å². The van der Waals surface area contributed by atoms with E-state index in [2.05, 4.69) is 5.32 Å². The zero-order valence-corrected chi connectivity index (χ0v) is 17.0.